The third-order valence-corrected chi connectivity index (χ3v) is 4.67. The molecule has 4 nitrogen and oxygen atoms in total. The molecule has 1 heterocycles. The first-order valence-corrected chi connectivity index (χ1v) is 8.65. The molecule has 7 heteroatoms. The second-order valence-electron chi connectivity index (χ2n) is 5.93. The molecule has 3 rings (SSSR count). The second kappa shape index (κ2) is 7.48. The van der Waals surface area contributed by atoms with Crippen molar-refractivity contribution in [3.63, 3.8) is 0 Å². The third kappa shape index (κ3) is 3.32. The quantitative estimate of drug-likeness (QED) is 0.653. The van der Waals surface area contributed by atoms with Crippen LogP contribution in [0.3, 0.4) is 0 Å². The summed E-state index contributed by atoms with van der Waals surface area (Å²) >= 11 is 6.34. The molecule has 0 N–H and O–H groups in total. The second-order valence-corrected chi connectivity index (χ2v) is 6.33. The van der Waals surface area contributed by atoms with Crippen LogP contribution in [0.2, 0.25) is 5.02 Å². The summed E-state index contributed by atoms with van der Waals surface area (Å²) in [5.74, 6) is -1.05. The van der Waals surface area contributed by atoms with Gasteiger partial charge in [-0.3, -0.25) is 4.79 Å². The zero-order chi connectivity index (χ0) is 19.7. The smallest absolute Gasteiger partial charge is 0.270 e. The van der Waals surface area contributed by atoms with Crippen molar-refractivity contribution in [2.24, 2.45) is 7.05 Å². The number of nitrogens with zero attached hydrogens (tertiary/aromatic N) is 2. The Hall–Kier alpha value is -2.73. The summed E-state index contributed by atoms with van der Waals surface area (Å²) in [7, 11) is 2.98. The largest absolute Gasteiger partial charge is 0.497 e. The molecule has 0 unspecified atom stereocenters. The number of hydrogen-bond acceptors (Lipinski definition) is 3. The molecule has 0 atom stereocenters. The molecule has 3 aromatic rings. The van der Waals surface area contributed by atoms with E-state index in [-0.39, 0.29) is 28.8 Å². The van der Waals surface area contributed by atoms with Crippen molar-refractivity contribution in [1.82, 2.24) is 9.78 Å². The van der Waals surface area contributed by atoms with Crippen LogP contribution in [0.5, 0.6) is 5.75 Å². The third-order valence-electron chi connectivity index (χ3n) is 4.34. The van der Waals surface area contributed by atoms with Gasteiger partial charge in [0.2, 0.25) is 0 Å². The van der Waals surface area contributed by atoms with Gasteiger partial charge in [-0.25, -0.2) is 13.5 Å². The van der Waals surface area contributed by atoms with E-state index in [2.05, 4.69) is 5.10 Å². The Morgan fingerprint density at radius 3 is 2.41 bits per heavy atom. The van der Waals surface area contributed by atoms with Crippen LogP contribution in [0, 0.1) is 11.6 Å². The van der Waals surface area contributed by atoms with E-state index in [1.165, 1.54) is 20.2 Å². The van der Waals surface area contributed by atoms with E-state index in [1.54, 1.807) is 25.1 Å². The lowest BCUT2D eigenvalue weighted by Gasteiger charge is -2.17. The van der Waals surface area contributed by atoms with Gasteiger partial charge in [-0.15, -0.1) is 0 Å². The summed E-state index contributed by atoms with van der Waals surface area (Å²) in [5.41, 5.74) is 0.268. The van der Waals surface area contributed by atoms with Crippen LogP contribution in [0.25, 0.3) is 22.4 Å². The Labute approximate surface area is 160 Å². The van der Waals surface area contributed by atoms with Crippen LogP contribution in [0.4, 0.5) is 8.78 Å². The van der Waals surface area contributed by atoms with E-state index >= 15 is 0 Å². The van der Waals surface area contributed by atoms with Gasteiger partial charge in [-0.1, -0.05) is 24.6 Å². The van der Waals surface area contributed by atoms with E-state index in [0.29, 0.717) is 16.3 Å². The molecule has 0 saturated carbocycles. The fourth-order valence-corrected chi connectivity index (χ4v) is 3.23. The Kier molecular flexibility index (Phi) is 5.28. The van der Waals surface area contributed by atoms with Crippen molar-refractivity contribution >= 4 is 11.6 Å². The Morgan fingerprint density at radius 1 is 1.15 bits per heavy atom. The van der Waals surface area contributed by atoms with E-state index in [9.17, 15) is 13.6 Å². The fraction of sp³-hybridized carbons (Fsp3) is 0.200. The highest BCUT2D eigenvalue weighted by Crippen LogP contribution is 2.39. The van der Waals surface area contributed by atoms with Crippen molar-refractivity contribution in [2.45, 2.75) is 13.3 Å². The average Bonchev–Trinajstić information content (AvgIpc) is 2.65. The molecule has 2 aromatic carbocycles. The first-order valence-electron chi connectivity index (χ1n) is 8.27. The minimum atomic E-state index is -0.778. The van der Waals surface area contributed by atoms with Gasteiger partial charge in [0.25, 0.3) is 5.56 Å². The molecule has 27 heavy (non-hydrogen) atoms. The van der Waals surface area contributed by atoms with Crippen molar-refractivity contribution in [3.8, 4) is 28.1 Å². The van der Waals surface area contributed by atoms with Crippen molar-refractivity contribution in [2.75, 3.05) is 7.11 Å². The van der Waals surface area contributed by atoms with Crippen LogP contribution in [0.1, 0.15) is 12.5 Å². The van der Waals surface area contributed by atoms with Gasteiger partial charge in [0.15, 0.2) is 0 Å². The number of benzene rings is 2. The molecule has 140 valence electrons. The zero-order valence-electron chi connectivity index (χ0n) is 15.0. The fourth-order valence-electron chi connectivity index (χ4n) is 3.03. The summed E-state index contributed by atoms with van der Waals surface area (Å²) in [6.45, 7) is 1.75. The van der Waals surface area contributed by atoms with Gasteiger partial charge in [0.1, 0.15) is 23.1 Å². The maximum Gasteiger partial charge on any atom is 0.270 e. The summed E-state index contributed by atoms with van der Waals surface area (Å²) in [6.07, 6.45) is 0.271. The molecule has 0 spiro atoms. The van der Waals surface area contributed by atoms with E-state index < -0.39 is 17.2 Å². The van der Waals surface area contributed by atoms with E-state index in [4.69, 9.17) is 16.3 Å². The van der Waals surface area contributed by atoms with Crippen molar-refractivity contribution in [3.05, 3.63) is 69.0 Å². The van der Waals surface area contributed by atoms with Gasteiger partial charge in [-0.05, 0) is 36.8 Å². The summed E-state index contributed by atoms with van der Waals surface area (Å²) in [5, 5.41) is 4.60. The highest BCUT2D eigenvalue weighted by Gasteiger charge is 2.24. The molecule has 1 aromatic heterocycles. The predicted octanol–water partition coefficient (Wildman–Crippen LogP) is 4.62. The Balaban J connectivity index is 2.50. The molecule has 0 aliphatic rings. The molecule has 0 fully saturated rings. The summed E-state index contributed by atoms with van der Waals surface area (Å²) in [4.78, 5) is 12.6. The number of methoxy groups -OCH3 is 1. The van der Waals surface area contributed by atoms with Crippen LogP contribution in [0.15, 0.2) is 41.2 Å². The minimum Gasteiger partial charge on any atom is -0.497 e. The van der Waals surface area contributed by atoms with E-state index in [1.807, 2.05) is 0 Å². The SMILES string of the molecule is CCc1c(-c2c(F)cccc2F)c(-c2cc(OC)ccc2Cl)nn(C)c1=O. The van der Waals surface area contributed by atoms with Gasteiger partial charge in [0, 0.05) is 23.7 Å². The summed E-state index contributed by atoms with van der Waals surface area (Å²) < 4.78 is 35.6. The summed E-state index contributed by atoms with van der Waals surface area (Å²) in [6, 6.07) is 8.45. The number of aromatic nitrogens is 2. The number of rotatable bonds is 4. The first kappa shape index (κ1) is 19.0. The number of aryl methyl sites for hydroxylation is 1. The molecule has 0 radical (unpaired) electrons. The highest BCUT2D eigenvalue weighted by atomic mass is 35.5. The maximum absolute atomic E-state index is 14.6. The van der Waals surface area contributed by atoms with Crippen LogP contribution in [-0.2, 0) is 13.5 Å². The van der Waals surface area contributed by atoms with E-state index in [0.717, 1.165) is 16.8 Å². The number of halogens is 3. The number of ether oxygens (including phenoxy) is 1. The van der Waals surface area contributed by atoms with Crippen molar-refractivity contribution < 1.29 is 13.5 Å². The average molecular weight is 391 g/mol. The Morgan fingerprint density at radius 2 is 1.81 bits per heavy atom. The highest BCUT2D eigenvalue weighted by molar-refractivity contribution is 6.33. The molecule has 0 bridgehead atoms. The lowest BCUT2D eigenvalue weighted by molar-refractivity contribution is 0.415. The molecular weight excluding hydrogens is 374 g/mol. The lowest BCUT2D eigenvalue weighted by atomic mass is 9.93. The topological polar surface area (TPSA) is 44.1 Å². The predicted molar refractivity (Wildman–Crippen MR) is 101 cm³/mol. The first-order chi connectivity index (χ1) is 12.9. The molecular formula is C20H17ClF2N2O2. The molecule has 0 amide bonds. The van der Waals surface area contributed by atoms with Gasteiger partial charge >= 0.3 is 0 Å². The zero-order valence-corrected chi connectivity index (χ0v) is 15.8. The normalized spacial score (nSPS) is 10.9. The monoisotopic (exact) mass is 390 g/mol. The van der Waals surface area contributed by atoms with Gasteiger partial charge in [-0.2, -0.15) is 5.10 Å². The minimum absolute atomic E-state index is 0.103. The van der Waals surface area contributed by atoms with Crippen LogP contribution in [-0.4, -0.2) is 16.9 Å². The van der Waals surface area contributed by atoms with Gasteiger partial charge in [0.05, 0.1) is 17.7 Å². The standard InChI is InChI=1S/C20H17ClF2N2O2/c1-4-12-17(18-15(22)6-5-7-16(18)23)19(24-25(2)20(12)26)13-10-11(27-3)8-9-14(13)21/h5-10H,4H2,1-3H3. The lowest BCUT2D eigenvalue weighted by Crippen LogP contribution is -2.25. The molecule has 0 saturated heterocycles. The molecule has 0 aliphatic heterocycles. The van der Waals surface area contributed by atoms with Crippen LogP contribution < -0.4 is 10.3 Å². The maximum atomic E-state index is 14.6. The van der Waals surface area contributed by atoms with Crippen LogP contribution >= 0.6 is 11.6 Å². The Bertz CT molecular complexity index is 1060. The molecule has 0 aliphatic carbocycles. The van der Waals surface area contributed by atoms with Crippen molar-refractivity contribution in [1.29, 1.82) is 0 Å². The number of hydrogen-bond donors (Lipinski definition) is 0. The van der Waals surface area contributed by atoms with Gasteiger partial charge < -0.3 is 4.74 Å².